The molecule has 9 heteroatoms. The van der Waals surface area contributed by atoms with E-state index in [-0.39, 0.29) is 35.6 Å². The number of nitrogens with zero attached hydrogens (tertiary/aromatic N) is 1. The molecule has 1 aliphatic rings. The highest BCUT2D eigenvalue weighted by Gasteiger charge is 2.26. The van der Waals surface area contributed by atoms with Crippen molar-refractivity contribution in [2.75, 3.05) is 20.3 Å². The molecule has 9 nitrogen and oxygen atoms in total. The molecule has 130 valence electrons. The van der Waals surface area contributed by atoms with E-state index in [9.17, 15) is 19.7 Å². The molecule has 24 heavy (non-hydrogen) atoms. The van der Waals surface area contributed by atoms with Crippen LogP contribution in [0.5, 0.6) is 11.5 Å². The number of hydrogen-bond donors (Lipinski definition) is 2. The third-order valence-electron chi connectivity index (χ3n) is 3.38. The minimum atomic E-state index is -0.726. The maximum Gasteiger partial charge on any atom is 0.286 e. The van der Waals surface area contributed by atoms with Gasteiger partial charge in [0.05, 0.1) is 31.3 Å². The number of carbonyl (C=O) groups is 2. The molecule has 1 aromatic rings. The minimum absolute atomic E-state index is 0.159. The van der Waals surface area contributed by atoms with E-state index in [1.54, 1.807) is 6.92 Å². The van der Waals surface area contributed by atoms with Gasteiger partial charge in [0.15, 0.2) is 11.5 Å². The zero-order valence-corrected chi connectivity index (χ0v) is 13.5. The first-order valence-corrected chi connectivity index (χ1v) is 7.53. The lowest BCUT2D eigenvalue weighted by Crippen LogP contribution is -2.38. The summed E-state index contributed by atoms with van der Waals surface area (Å²) in [6, 6.07) is 2.55. The molecule has 0 saturated heterocycles. The highest BCUT2D eigenvalue weighted by Crippen LogP contribution is 2.34. The number of hydrogen-bond acceptors (Lipinski definition) is 6. The van der Waals surface area contributed by atoms with Gasteiger partial charge in [-0.3, -0.25) is 19.7 Å². The topological polar surface area (TPSA) is 120 Å². The Labute approximate surface area is 138 Å². The molecule has 1 aliphatic carbocycles. The van der Waals surface area contributed by atoms with Gasteiger partial charge in [0, 0.05) is 12.1 Å². The summed E-state index contributed by atoms with van der Waals surface area (Å²) in [7, 11) is 1.35. The van der Waals surface area contributed by atoms with Crippen LogP contribution >= 0.6 is 0 Å². The number of rotatable bonds is 8. The third-order valence-corrected chi connectivity index (χ3v) is 3.38. The second kappa shape index (κ2) is 7.62. The largest absolute Gasteiger partial charge is 0.493 e. The van der Waals surface area contributed by atoms with Gasteiger partial charge in [-0.2, -0.15) is 0 Å². The smallest absolute Gasteiger partial charge is 0.286 e. The minimum Gasteiger partial charge on any atom is -0.493 e. The average molecular weight is 337 g/mol. The van der Waals surface area contributed by atoms with E-state index >= 15 is 0 Å². The van der Waals surface area contributed by atoms with Crippen LogP contribution in [0.15, 0.2) is 12.1 Å². The second-order valence-corrected chi connectivity index (χ2v) is 5.23. The maximum absolute atomic E-state index is 12.2. The van der Waals surface area contributed by atoms with Gasteiger partial charge in [-0.25, -0.2) is 0 Å². The van der Waals surface area contributed by atoms with Gasteiger partial charge < -0.3 is 20.1 Å². The van der Waals surface area contributed by atoms with Gasteiger partial charge >= 0.3 is 0 Å². The average Bonchev–Trinajstić information content (AvgIpc) is 3.36. The Morgan fingerprint density at radius 1 is 1.33 bits per heavy atom. The van der Waals surface area contributed by atoms with E-state index in [4.69, 9.17) is 9.47 Å². The Morgan fingerprint density at radius 3 is 2.58 bits per heavy atom. The standard InChI is InChI=1S/C15H19N3O6/c1-3-24-13-6-10(11(18(21)22)7-12(13)23-2)15(20)16-8-14(19)17-9-4-5-9/h6-7,9H,3-5,8H2,1-2H3,(H,16,20)(H,17,19). The number of benzene rings is 1. The van der Waals surface area contributed by atoms with Crippen LogP contribution in [0.2, 0.25) is 0 Å². The quantitative estimate of drug-likeness (QED) is 0.539. The number of methoxy groups -OCH3 is 1. The number of ether oxygens (including phenoxy) is 2. The van der Waals surface area contributed by atoms with Crippen LogP contribution in [0.3, 0.4) is 0 Å². The fourth-order valence-electron chi connectivity index (χ4n) is 2.07. The van der Waals surface area contributed by atoms with Crippen LogP contribution in [0.4, 0.5) is 5.69 Å². The van der Waals surface area contributed by atoms with Crippen molar-refractivity contribution in [3.63, 3.8) is 0 Å². The summed E-state index contributed by atoms with van der Waals surface area (Å²) in [6.07, 6.45) is 1.86. The molecule has 1 saturated carbocycles. The van der Waals surface area contributed by atoms with Crippen molar-refractivity contribution >= 4 is 17.5 Å². The Hall–Kier alpha value is -2.84. The van der Waals surface area contributed by atoms with Crippen molar-refractivity contribution in [3.8, 4) is 11.5 Å². The van der Waals surface area contributed by atoms with E-state index < -0.39 is 16.5 Å². The van der Waals surface area contributed by atoms with Crippen molar-refractivity contribution < 1.29 is 24.0 Å². The van der Waals surface area contributed by atoms with Gasteiger partial charge in [0.25, 0.3) is 11.6 Å². The molecule has 2 rings (SSSR count). The van der Waals surface area contributed by atoms with E-state index in [2.05, 4.69) is 10.6 Å². The molecule has 0 aromatic heterocycles. The second-order valence-electron chi connectivity index (χ2n) is 5.23. The lowest BCUT2D eigenvalue weighted by Gasteiger charge is -2.12. The molecular weight excluding hydrogens is 318 g/mol. The van der Waals surface area contributed by atoms with Crippen molar-refractivity contribution in [2.24, 2.45) is 0 Å². The van der Waals surface area contributed by atoms with E-state index in [0.717, 1.165) is 18.9 Å². The number of carbonyl (C=O) groups excluding carboxylic acids is 2. The summed E-state index contributed by atoms with van der Waals surface area (Å²) in [5, 5.41) is 16.3. The third kappa shape index (κ3) is 4.34. The summed E-state index contributed by atoms with van der Waals surface area (Å²) < 4.78 is 10.4. The molecule has 1 fully saturated rings. The Kier molecular flexibility index (Phi) is 5.56. The highest BCUT2D eigenvalue weighted by atomic mass is 16.6. The van der Waals surface area contributed by atoms with Gasteiger partial charge in [0.1, 0.15) is 5.56 Å². The molecule has 2 amide bonds. The van der Waals surface area contributed by atoms with Gasteiger partial charge in [0.2, 0.25) is 5.91 Å². The zero-order chi connectivity index (χ0) is 17.7. The number of nitro benzene ring substituents is 1. The maximum atomic E-state index is 12.2. The normalized spacial score (nSPS) is 13.1. The van der Waals surface area contributed by atoms with Crippen LogP contribution in [0.25, 0.3) is 0 Å². The predicted octanol–water partition coefficient (Wildman–Crippen LogP) is 1.01. The van der Waals surface area contributed by atoms with Gasteiger partial charge in [-0.05, 0) is 19.8 Å². The molecular formula is C15H19N3O6. The first-order chi connectivity index (χ1) is 11.5. The molecule has 0 heterocycles. The predicted molar refractivity (Wildman–Crippen MR) is 84.3 cm³/mol. The lowest BCUT2D eigenvalue weighted by molar-refractivity contribution is -0.385. The summed E-state index contributed by atoms with van der Waals surface area (Å²) in [5.74, 6) is -0.673. The monoisotopic (exact) mass is 337 g/mol. The summed E-state index contributed by atoms with van der Waals surface area (Å²) in [5.41, 5.74) is -0.612. The molecule has 0 spiro atoms. The molecule has 2 N–H and O–H groups in total. The first-order valence-electron chi connectivity index (χ1n) is 7.53. The van der Waals surface area contributed by atoms with Crippen molar-refractivity contribution in [2.45, 2.75) is 25.8 Å². The Morgan fingerprint density at radius 2 is 2.04 bits per heavy atom. The molecule has 0 radical (unpaired) electrons. The lowest BCUT2D eigenvalue weighted by atomic mass is 10.1. The number of amides is 2. The van der Waals surface area contributed by atoms with Crippen LogP contribution in [-0.2, 0) is 4.79 Å². The van der Waals surface area contributed by atoms with E-state index in [1.165, 1.54) is 13.2 Å². The number of nitrogens with one attached hydrogen (secondary N) is 2. The highest BCUT2D eigenvalue weighted by molar-refractivity contribution is 6.00. The van der Waals surface area contributed by atoms with Crippen LogP contribution in [0.1, 0.15) is 30.1 Å². The Balaban J connectivity index is 2.18. The van der Waals surface area contributed by atoms with Crippen LogP contribution in [-0.4, -0.2) is 43.0 Å². The van der Waals surface area contributed by atoms with Gasteiger partial charge in [-0.15, -0.1) is 0 Å². The van der Waals surface area contributed by atoms with Crippen LogP contribution in [0, 0.1) is 10.1 Å². The zero-order valence-electron chi connectivity index (χ0n) is 13.5. The fourth-order valence-corrected chi connectivity index (χ4v) is 2.07. The molecule has 0 aliphatic heterocycles. The number of nitro groups is 1. The molecule has 0 unspecified atom stereocenters. The summed E-state index contributed by atoms with van der Waals surface area (Å²) in [6.45, 7) is 1.80. The van der Waals surface area contributed by atoms with Crippen LogP contribution < -0.4 is 20.1 Å². The van der Waals surface area contributed by atoms with Crippen molar-refractivity contribution in [1.29, 1.82) is 0 Å². The molecule has 1 aromatic carbocycles. The van der Waals surface area contributed by atoms with Crippen molar-refractivity contribution in [1.82, 2.24) is 10.6 Å². The Bertz CT molecular complexity index is 657. The van der Waals surface area contributed by atoms with Gasteiger partial charge in [-0.1, -0.05) is 0 Å². The van der Waals surface area contributed by atoms with E-state index in [0.29, 0.717) is 6.61 Å². The molecule has 0 bridgehead atoms. The first kappa shape index (κ1) is 17.5. The van der Waals surface area contributed by atoms with E-state index in [1.807, 2.05) is 0 Å². The fraction of sp³-hybridized carbons (Fsp3) is 0.467. The molecule has 0 atom stereocenters. The van der Waals surface area contributed by atoms with Crippen molar-refractivity contribution in [3.05, 3.63) is 27.8 Å². The SMILES string of the molecule is CCOc1cc(C(=O)NCC(=O)NC2CC2)c([N+](=O)[O-])cc1OC. The summed E-state index contributed by atoms with van der Waals surface area (Å²) >= 11 is 0. The summed E-state index contributed by atoms with van der Waals surface area (Å²) in [4.78, 5) is 34.4.